The van der Waals surface area contributed by atoms with Gasteiger partial charge in [-0.2, -0.15) is 0 Å². The van der Waals surface area contributed by atoms with E-state index in [9.17, 15) is 9.59 Å². The smallest absolute Gasteiger partial charge is 0.306 e. The van der Waals surface area contributed by atoms with Crippen molar-refractivity contribution in [2.24, 2.45) is 5.92 Å². The Morgan fingerprint density at radius 2 is 2.08 bits per heavy atom. The van der Waals surface area contributed by atoms with Crippen molar-refractivity contribution >= 4 is 11.9 Å². The number of rotatable bonds is 3. The fourth-order valence-corrected chi connectivity index (χ4v) is 4.44. The summed E-state index contributed by atoms with van der Waals surface area (Å²) in [5.41, 5.74) is 1.68. The fraction of sp³-hybridized carbons (Fsp3) is 0.579. The molecule has 0 saturated carbocycles. The summed E-state index contributed by atoms with van der Waals surface area (Å²) < 4.78 is 17.3. The zero-order chi connectivity index (χ0) is 17.8. The summed E-state index contributed by atoms with van der Waals surface area (Å²) in [4.78, 5) is 26.9. The van der Waals surface area contributed by atoms with Crippen molar-refractivity contribution < 1.29 is 23.8 Å². The van der Waals surface area contributed by atoms with Gasteiger partial charge in [0.25, 0.3) is 5.91 Å². The van der Waals surface area contributed by atoms with Gasteiger partial charge in [0, 0.05) is 11.5 Å². The molecule has 0 radical (unpaired) electrons. The Morgan fingerprint density at radius 3 is 2.84 bits per heavy atom. The highest BCUT2D eigenvalue weighted by atomic mass is 16.8. The minimum Gasteiger partial charge on any atom is -0.466 e. The van der Waals surface area contributed by atoms with Gasteiger partial charge in [-0.1, -0.05) is 18.2 Å². The molecule has 0 bridgehead atoms. The molecular formula is C19H23NO5. The number of carbonyl (C=O) groups excluding carboxylic acids is 2. The van der Waals surface area contributed by atoms with E-state index in [2.05, 4.69) is 0 Å². The van der Waals surface area contributed by atoms with Crippen LogP contribution in [0.2, 0.25) is 0 Å². The maximum absolute atomic E-state index is 12.9. The van der Waals surface area contributed by atoms with E-state index in [1.54, 1.807) is 6.92 Å². The molecule has 3 heterocycles. The standard InChI is InChI=1S/C19H23NO5/c1-4-23-15(21)9-13-16-11-7-5-6-8-12(11)18(22)20(16)10-14-17(13)25-19(2,3)24-14/h5-8,13-14,16-17H,4,9-10H2,1-3H3/t13-,14+,16-,17-/m1/s1. The molecule has 6 heteroatoms. The molecule has 0 aromatic heterocycles. The molecule has 1 aromatic rings. The van der Waals surface area contributed by atoms with Gasteiger partial charge in [-0.05, 0) is 32.4 Å². The van der Waals surface area contributed by atoms with Gasteiger partial charge >= 0.3 is 5.97 Å². The summed E-state index contributed by atoms with van der Waals surface area (Å²) in [6.45, 7) is 6.35. The quantitative estimate of drug-likeness (QED) is 0.787. The molecule has 25 heavy (non-hydrogen) atoms. The Kier molecular flexibility index (Phi) is 3.85. The van der Waals surface area contributed by atoms with E-state index in [1.807, 2.05) is 43.0 Å². The SMILES string of the molecule is CCOC(=O)C[C@H]1[C@H]2OC(C)(C)O[C@H]2CN2C(=O)c3ccccc3[C@H]12. The number of fused-ring (bicyclic) bond motifs is 4. The molecule has 0 aliphatic carbocycles. The second-order valence-corrected chi connectivity index (χ2v) is 7.30. The second kappa shape index (κ2) is 5.81. The first kappa shape index (κ1) is 16.5. The molecule has 4 rings (SSSR count). The molecule has 0 spiro atoms. The fourth-order valence-electron chi connectivity index (χ4n) is 4.44. The van der Waals surface area contributed by atoms with Crippen LogP contribution in [0.25, 0.3) is 0 Å². The third-order valence-corrected chi connectivity index (χ3v) is 5.24. The van der Waals surface area contributed by atoms with Crippen LogP contribution < -0.4 is 0 Å². The van der Waals surface area contributed by atoms with Gasteiger partial charge in [0.05, 0.1) is 31.7 Å². The number of hydrogen-bond acceptors (Lipinski definition) is 5. The van der Waals surface area contributed by atoms with Gasteiger partial charge in [-0.25, -0.2) is 0 Å². The van der Waals surface area contributed by atoms with E-state index in [1.165, 1.54) is 0 Å². The first-order valence-electron chi connectivity index (χ1n) is 8.82. The van der Waals surface area contributed by atoms with Crippen LogP contribution in [-0.4, -0.2) is 47.9 Å². The van der Waals surface area contributed by atoms with E-state index in [4.69, 9.17) is 14.2 Å². The minimum atomic E-state index is -0.718. The number of benzene rings is 1. The molecule has 1 amide bonds. The molecule has 4 atom stereocenters. The van der Waals surface area contributed by atoms with Gasteiger partial charge in [0.15, 0.2) is 5.79 Å². The number of amides is 1. The van der Waals surface area contributed by atoms with Crippen LogP contribution in [0.5, 0.6) is 0 Å². The van der Waals surface area contributed by atoms with Gasteiger partial charge in [-0.3, -0.25) is 9.59 Å². The average molecular weight is 345 g/mol. The zero-order valence-electron chi connectivity index (χ0n) is 14.7. The maximum atomic E-state index is 12.9. The number of carbonyl (C=O) groups is 2. The van der Waals surface area contributed by atoms with Crippen LogP contribution in [0.1, 0.15) is 49.2 Å². The number of hydrogen-bond donors (Lipinski definition) is 0. The van der Waals surface area contributed by atoms with Crippen LogP contribution in [0.15, 0.2) is 24.3 Å². The molecule has 0 N–H and O–H groups in total. The van der Waals surface area contributed by atoms with Crippen LogP contribution in [0, 0.1) is 5.92 Å². The summed E-state index contributed by atoms with van der Waals surface area (Å²) in [7, 11) is 0. The molecule has 0 unspecified atom stereocenters. The lowest BCUT2D eigenvalue weighted by Crippen LogP contribution is -2.52. The highest BCUT2D eigenvalue weighted by molar-refractivity contribution is 5.99. The summed E-state index contributed by atoms with van der Waals surface area (Å²) in [5.74, 6) is -1.17. The average Bonchev–Trinajstić information content (AvgIpc) is 3.02. The van der Waals surface area contributed by atoms with E-state index >= 15 is 0 Å². The predicted molar refractivity (Wildman–Crippen MR) is 88.8 cm³/mol. The number of nitrogens with zero attached hydrogens (tertiary/aromatic N) is 1. The molecular weight excluding hydrogens is 322 g/mol. The number of ether oxygens (including phenoxy) is 3. The van der Waals surface area contributed by atoms with Crippen LogP contribution >= 0.6 is 0 Å². The zero-order valence-corrected chi connectivity index (χ0v) is 14.7. The Morgan fingerprint density at radius 1 is 1.32 bits per heavy atom. The first-order valence-corrected chi connectivity index (χ1v) is 8.82. The normalized spacial score (nSPS) is 32.1. The number of piperidine rings is 1. The Bertz CT molecular complexity index is 716. The van der Waals surface area contributed by atoms with Gasteiger partial charge in [0.1, 0.15) is 6.10 Å². The van der Waals surface area contributed by atoms with Crippen molar-refractivity contribution in [3.05, 3.63) is 35.4 Å². The van der Waals surface area contributed by atoms with Crippen molar-refractivity contribution in [1.29, 1.82) is 0 Å². The molecule has 3 aliphatic heterocycles. The first-order chi connectivity index (χ1) is 11.9. The maximum Gasteiger partial charge on any atom is 0.306 e. The summed E-state index contributed by atoms with van der Waals surface area (Å²) in [6, 6.07) is 7.44. The molecule has 2 fully saturated rings. The molecule has 134 valence electrons. The predicted octanol–water partition coefficient (Wildman–Crippen LogP) is 2.29. The molecule has 2 saturated heterocycles. The van der Waals surface area contributed by atoms with Crippen LogP contribution in [-0.2, 0) is 19.0 Å². The van der Waals surface area contributed by atoms with E-state index in [0.29, 0.717) is 18.7 Å². The largest absolute Gasteiger partial charge is 0.466 e. The lowest BCUT2D eigenvalue weighted by atomic mass is 9.81. The van der Waals surface area contributed by atoms with E-state index in [0.717, 1.165) is 5.56 Å². The van der Waals surface area contributed by atoms with Crippen molar-refractivity contribution in [1.82, 2.24) is 4.90 Å². The van der Waals surface area contributed by atoms with Crippen LogP contribution in [0.3, 0.4) is 0 Å². The third-order valence-electron chi connectivity index (χ3n) is 5.24. The van der Waals surface area contributed by atoms with E-state index in [-0.39, 0.29) is 42.5 Å². The molecule has 1 aromatic carbocycles. The molecule has 3 aliphatic rings. The highest BCUT2D eigenvalue weighted by Gasteiger charge is 2.57. The van der Waals surface area contributed by atoms with Crippen molar-refractivity contribution in [2.45, 2.75) is 51.2 Å². The summed E-state index contributed by atoms with van der Waals surface area (Å²) >= 11 is 0. The summed E-state index contributed by atoms with van der Waals surface area (Å²) in [6.07, 6.45) is -0.263. The Hall–Kier alpha value is -1.92. The van der Waals surface area contributed by atoms with Crippen molar-refractivity contribution in [3.63, 3.8) is 0 Å². The lowest BCUT2D eigenvalue weighted by molar-refractivity contribution is -0.155. The molecule has 6 nitrogen and oxygen atoms in total. The third kappa shape index (κ3) is 2.64. The van der Waals surface area contributed by atoms with Crippen LogP contribution in [0.4, 0.5) is 0 Å². The Balaban J connectivity index is 1.73. The Labute approximate surface area is 147 Å². The van der Waals surface area contributed by atoms with Crippen molar-refractivity contribution in [2.75, 3.05) is 13.2 Å². The van der Waals surface area contributed by atoms with Crippen molar-refractivity contribution in [3.8, 4) is 0 Å². The lowest BCUT2D eigenvalue weighted by Gasteiger charge is -2.42. The summed E-state index contributed by atoms with van der Waals surface area (Å²) in [5, 5.41) is 0. The van der Waals surface area contributed by atoms with E-state index < -0.39 is 5.79 Å². The highest BCUT2D eigenvalue weighted by Crippen LogP contribution is 2.49. The minimum absolute atomic E-state index is 0.00112. The second-order valence-electron chi connectivity index (χ2n) is 7.30. The van der Waals surface area contributed by atoms with Gasteiger partial charge in [-0.15, -0.1) is 0 Å². The van der Waals surface area contributed by atoms with Gasteiger partial charge in [0.2, 0.25) is 0 Å². The number of esters is 1. The monoisotopic (exact) mass is 345 g/mol. The van der Waals surface area contributed by atoms with Gasteiger partial charge < -0.3 is 19.1 Å². The topological polar surface area (TPSA) is 65.1 Å².